The minimum absolute atomic E-state index is 0. The lowest BCUT2D eigenvalue weighted by molar-refractivity contribution is 0.0668. The number of imidazole rings is 1. The van der Waals surface area contributed by atoms with E-state index in [0.717, 1.165) is 48.1 Å². The van der Waals surface area contributed by atoms with E-state index in [1.807, 2.05) is 6.92 Å². The Bertz CT molecular complexity index is 742. The quantitative estimate of drug-likeness (QED) is 0.377. The van der Waals surface area contributed by atoms with Crippen molar-refractivity contribution in [1.29, 1.82) is 0 Å². The number of aromatic nitrogens is 4. The van der Waals surface area contributed by atoms with Gasteiger partial charge in [0.25, 0.3) is 0 Å². The van der Waals surface area contributed by atoms with Crippen molar-refractivity contribution >= 4 is 46.6 Å². The van der Waals surface area contributed by atoms with Crippen LogP contribution in [-0.4, -0.2) is 63.0 Å². The summed E-state index contributed by atoms with van der Waals surface area (Å²) in [5.74, 6) is 1.83. The van der Waals surface area contributed by atoms with Gasteiger partial charge in [0, 0.05) is 63.6 Å². The third kappa shape index (κ3) is 5.24. The van der Waals surface area contributed by atoms with E-state index in [2.05, 4.69) is 34.5 Å². The third-order valence-electron chi connectivity index (χ3n) is 4.20. The lowest BCUT2D eigenvalue weighted by Gasteiger charge is -2.36. The van der Waals surface area contributed by atoms with Crippen LogP contribution in [0.25, 0.3) is 0 Å². The Hall–Kier alpha value is -1.57. The lowest BCUT2D eigenvalue weighted by atomic mass is 10.3. The summed E-state index contributed by atoms with van der Waals surface area (Å²) in [4.78, 5) is 17.1. The zero-order valence-electron chi connectivity index (χ0n) is 15.2. The van der Waals surface area contributed by atoms with Gasteiger partial charge in [-0.2, -0.15) is 13.2 Å². The molecule has 1 N–H and O–H groups in total. The summed E-state index contributed by atoms with van der Waals surface area (Å²) < 4.78 is 31.0. The maximum absolute atomic E-state index is 12.9. The fourth-order valence-electron chi connectivity index (χ4n) is 2.78. The van der Waals surface area contributed by atoms with Crippen LogP contribution in [0.5, 0.6) is 0 Å². The molecule has 0 amide bonds. The van der Waals surface area contributed by atoms with Crippen molar-refractivity contribution in [2.75, 3.05) is 38.1 Å². The molecule has 27 heavy (non-hydrogen) atoms. The van der Waals surface area contributed by atoms with Crippen molar-refractivity contribution < 1.29 is 8.78 Å². The van der Waals surface area contributed by atoms with Crippen molar-refractivity contribution in [1.82, 2.24) is 29.1 Å². The summed E-state index contributed by atoms with van der Waals surface area (Å²) in [7, 11) is 1.69. The van der Waals surface area contributed by atoms with Gasteiger partial charge in [0.05, 0.1) is 6.54 Å². The zero-order valence-corrected chi connectivity index (χ0v) is 18.3. The molecule has 3 rings (SSSR count). The van der Waals surface area contributed by atoms with Crippen LogP contribution in [0.2, 0.25) is 0 Å². The Morgan fingerprint density at radius 3 is 2.67 bits per heavy atom. The number of halogens is 3. The topological polar surface area (TPSA) is 74.5 Å². The number of hydrogen-bond acceptors (Lipinski definition) is 6. The second-order valence-electron chi connectivity index (χ2n) is 5.75. The van der Waals surface area contributed by atoms with Crippen molar-refractivity contribution in [3.63, 3.8) is 0 Å². The zero-order chi connectivity index (χ0) is 18.5. The fourth-order valence-corrected chi connectivity index (χ4v) is 3.58. The minimum atomic E-state index is -2.60. The molecular formula is C15H23F2IN8S. The molecular weight excluding hydrogens is 489 g/mol. The van der Waals surface area contributed by atoms with Gasteiger partial charge in [-0.1, -0.05) is 6.92 Å². The second kappa shape index (κ2) is 10.1. The molecule has 8 nitrogen and oxygen atoms in total. The van der Waals surface area contributed by atoms with Crippen LogP contribution in [-0.2, 0) is 13.0 Å². The molecule has 150 valence electrons. The molecule has 0 unspecified atom stereocenters. The average Bonchev–Trinajstić information content (AvgIpc) is 3.32. The Balaban J connectivity index is 0.00000261. The summed E-state index contributed by atoms with van der Waals surface area (Å²) in [5.41, 5.74) is 0. The molecule has 1 fully saturated rings. The first-order chi connectivity index (χ1) is 12.6. The molecule has 1 aliphatic heterocycles. The van der Waals surface area contributed by atoms with E-state index in [-0.39, 0.29) is 36.3 Å². The van der Waals surface area contributed by atoms with E-state index in [9.17, 15) is 8.78 Å². The Labute approximate surface area is 177 Å². The Morgan fingerprint density at radius 1 is 1.33 bits per heavy atom. The van der Waals surface area contributed by atoms with Crippen molar-refractivity contribution in [2.45, 2.75) is 26.4 Å². The predicted octanol–water partition coefficient (Wildman–Crippen LogP) is 2.21. The molecule has 2 aromatic heterocycles. The molecule has 0 atom stereocenters. The second-order valence-corrected chi connectivity index (χ2v) is 6.48. The average molecular weight is 512 g/mol. The first-order valence-corrected chi connectivity index (χ1v) is 9.22. The highest BCUT2D eigenvalue weighted by Crippen LogP contribution is 2.19. The van der Waals surface area contributed by atoms with E-state index in [0.29, 0.717) is 5.96 Å². The number of guanidine groups is 1. The summed E-state index contributed by atoms with van der Waals surface area (Å²) in [5, 5.41) is 4.07. The van der Waals surface area contributed by atoms with E-state index in [1.165, 1.54) is 23.9 Å². The molecule has 0 aliphatic carbocycles. The highest BCUT2D eigenvalue weighted by atomic mass is 127. The largest absolute Gasteiger partial charge is 0.349 e. The van der Waals surface area contributed by atoms with Crippen LogP contribution in [0, 0.1) is 0 Å². The van der Waals surface area contributed by atoms with E-state index >= 15 is 0 Å². The summed E-state index contributed by atoms with van der Waals surface area (Å²) in [6, 6.07) is 0. The van der Waals surface area contributed by atoms with Gasteiger partial charge in [-0.15, -0.1) is 24.0 Å². The normalized spacial score (nSPS) is 15.2. The van der Waals surface area contributed by atoms with Gasteiger partial charge in [0.15, 0.2) is 5.96 Å². The SMILES string of the molecule is CCc1nsc(N2CCN(C(=NC)NCc3nccn3C(F)F)CC2)n1.I. The number of hydrogen-bond donors (Lipinski definition) is 1. The van der Waals surface area contributed by atoms with Crippen LogP contribution in [0.15, 0.2) is 17.4 Å². The molecule has 0 radical (unpaired) electrons. The van der Waals surface area contributed by atoms with E-state index in [1.54, 1.807) is 7.05 Å². The molecule has 0 spiro atoms. The van der Waals surface area contributed by atoms with Gasteiger partial charge >= 0.3 is 6.55 Å². The molecule has 0 aromatic carbocycles. The summed E-state index contributed by atoms with van der Waals surface area (Å²) in [6.07, 6.45) is 3.48. The number of anilines is 1. The van der Waals surface area contributed by atoms with Crippen LogP contribution in [0.1, 0.15) is 25.1 Å². The van der Waals surface area contributed by atoms with Gasteiger partial charge in [0.1, 0.15) is 11.6 Å². The number of nitrogens with one attached hydrogen (secondary N) is 1. The van der Waals surface area contributed by atoms with E-state index < -0.39 is 6.55 Å². The lowest BCUT2D eigenvalue weighted by Crippen LogP contribution is -2.52. The summed E-state index contributed by atoms with van der Waals surface area (Å²) in [6.45, 7) is 2.79. The number of aliphatic imine (C=N–C) groups is 1. The number of nitrogens with zero attached hydrogens (tertiary/aromatic N) is 7. The number of aryl methyl sites for hydroxylation is 1. The Morgan fingerprint density at radius 2 is 2.07 bits per heavy atom. The number of piperazine rings is 1. The van der Waals surface area contributed by atoms with Crippen LogP contribution in [0.3, 0.4) is 0 Å². The molecule has 0 bridgehead atoms. The third-order valence-corrected chi connectivity index (χ3v) is 5.01. The molecule has 1 saturated heterocycles. The highest BCUT2D eigenvalue weighted by molar-refractivity contribution is 14.0. The van der Waals surface area contributed by atoms with Gasteiger partial charge in [-0.05, 0) is 0 Å². The molecule has 12 heteroatoms. The van der Waals surface area contributed by atoms with Crippen molar-refractivity contribution in [2.24, 2.45) is 4.99 Å². The number of rotatable bonds is 5. The molecule has 2 aromatic rings. The fraction of sp³-hybridized carbons (Fsp3) is 0.600. The van der Waals surface area contributed by atoms with Gasteiger partial charge in [-0.25, -0.2) is 9.97 Å². The van der Waals surface area contributed by atoms with Gasteiger partial charge in [0.2, 0.25) is 5.13 Å². The maximum Gasteiger partial charge on any atom is 0.319 e. The van der Waals surface area contributed by atoms with Crippen LogP contribution < -0.4 is 10.2 Å². The Kier molecular flexibility index (Phi) is 8.13. The smallest absolute Gasteiger partial charge is 0.319 e. The monoisotopic (exact) mass is 512 g/mol. The summed E-state index contributed by atoms with van der Waals surface area (Å²) >= 11 is 1.43. The van der Waals surface area contributed by atoms with Crippen LogP contribution >= 0.6 is 35.5 Å². The number of alkyl halides is 2. The van der Waals surface area contributed by atoms with Crippen LogP contribution in [0.4, 0.5) is 13.9 Å². The van der Waals surface area contributed by atoms with E-state index in [4.69, 9.17) is 0 Å². The molecule has 0 saturated carbocycles. The maximum atomic E-state index is 12.9. The first-order valence-electron chi connectivity index (χ1n) is 8.45. The molecule has 3 heterocycles. The van der Waals surface area contributed by atoms with Crippen molar-refractivity contribution in [3.05, 3.63) is 24.0 Å². The van der Waals surface area contributed by atoms with Gasteiger partial charge < -0.3 is 15.1 Å². The first kappa shape index (κ1) is 21.7. The standard InChI is InChI=1S/C15H22F2N8S.HI/c1-3-11-21-15(26-22-11)24-8-6-23(7-9-24)14(18-2)20-10-12-19-4-5-25(12)13(16)17;/h4-5,13H,3,6-10H2,1-2H3,(H,18,20);1H. The predicted molar refractivity (Wildman–Crippen MR) is 112 cm³/mol. The van der Waals surface area contributed by atoms with Crippen molar-refractivity contribution in [3.8, 4) is 0 Å². The highest BCUT2D eigenvalue weighted by Gasteiger charge is 2.22. The minimum Gasteiger partial charge on any atom is -0.349 e. The van der Waals surface area contributed by atoms with Gasteiger partial charge in [-0.3, -0.25) is 9.56 Å². The molecule has 1 aliphatic rings.